The highest BCUT2D eigenvalue weighted by atomic mass is 32.2. The van der Waals surface area contributed by atoms with E-state index in [0.29, 0.717) is 11.8 Å². The SMILES string of the molecule is CCNC(=NCCS(=O)(=O)CC)N1CCSC(CC)C1. The van der Waals surface area contributed by atoms with Crippen LogP contribution in [0.2, 0.25) is 0 Å². The molecule has 0 amide bonds. The molecule has 0 aromatic heterocycles. The largest absolute Gasteiger partial charge is 0.357 e. The van der Waals surface area contributed by atoms with Gasteiger partial charge in [0, 0.05) is 36.4 Å². The van der Waals surface area contributed by atoms with E-state index in [2.05, 4.69) is 22.1 Å². The Kier molecular flexibility index (Phi) is 7.72. The van der Waals surface area contributed by atoms with E-state index in [-0.39, 0.29) is 11.5 Å². The highest BCUT2D eigenvalue weighted by Gasteiger charge is 2.21. The van der Waals surface area contributed by atoms with Gasteiger partial charge >= 0.3 is 0 Å². The molecule has 0 radical (unpaired) electrons. The summed E-state index contributed by atoms with van der Waals surface area (Å²) >= 11 is 2.01. The van der Waals surface area contributed by atoms with Crippen LogP contribution in [0.4, 0.5) is 0 Å². The van der Waals surface area contributed by atoms with Gasteiger partial charge < -0.3 is 10.2 Å². The molecule has 0 saturated carbocycles. The number of hydrogen-bond acceptors (Lipinski definition) is 4. The van der Waals surface area contributed by atoms with Crippen molar-refractivity contribution in [2.45, 2.75) is 32.4 Å². The fraction of sp³-hybridized carbons (Fsp3) is 0.923. The first-order valence-electron chi connectivity index (χ1n) is 7.37. The quantitative estimate of drug-likeness (QED) is 0.589. The molecule has 0 aliphatic carbocycles. The first-order valence-corrected chi connectivity index (χ1v) is 10.2. The van der Waals surface area contributed by atoms with Gasteiger partial charge in [0.1, 0.15) is 0 Å². The lowest BCUT2D eigenvalue weighted by Gasteiger charge is -2.34. The normalized spacial score (nSPS) is 21.1. The summed E-state index contributed by atoms with van der Waals surface area (Å²) in [7, 11) is -2.93. The van der Waals surface area contributed by atoms with Crippen molar-refractivity contribution in [1.29, 1.82) is 0 Å². The summed E-state index contributed by atoms with van der Waals surface area (Å²) in [6.07, 6.45) is 1.16. The summed E-state index contributed by atoms with van der Waals surface area (Å²) in [5.74, 6) is 2.30. The summed E-state index contributed by atoms with van der Waals surface area (Å²) in [6, 6.07) is 0. The third kappa shape index (κ3) is 5.91. The number of guanidine groups is 1. The first-order chi connectivity index (χ1) is 9.52. The number of nitrogens with one attached hydrogen (secondary N) is 1. The Balaban J connectivity index is 2.62. The smallest absolute Gasteiger partial charge is 0.194 e. The van der Waals surface area contributed by atoms with E-state index in [0.717, 1.165) is 37.8 Å². The number of aliphatic imine (C=N–C) groups is 1. The van der Waals surface area contributed by atoms with Gasteiger partial charge in [-0.05, 0) is 13.3 Å². The fourth-order valence-electron chi connectivity index (χ4n) is 2.02. The third-order valence-electron chi connectivity index (χ3n) is 3.33. The number of thioether (sulfide) groups is 1. The van der Waals surface area contributed by atoms with Crippen LogP contribution in [0, 0.1) is 0 Å². The summed E-state index contributed by atoms with van der Waals surface area (Å²) in [5, 5.41) is 3.92. The summed E-state index contributed by atoms with van der Waals surface area (Å²) in [5.41, 5.74) is 0. The maximum absolute atomic E-state index is 11.5. The third-order valence-corrected chi connectivity index (χ3v) is 6.39. The van der Waals surface area contributed by atoms with E-state index >= 15 is 0 Å². The zero-order chi connectivity index (χ0) is 15.0. The van der Waals surface area contributed by atoms with Gasteiger partial charge in [-0.2, -0.15) is 11.8 Å². The highest BCUT2D eigenvalue weighted by molar-refractivity contribution is 8.00. The predicted molar refractivity (Wildman–Crippen MR) is 88.4 cm³/mol. The molecule has 0 aromatic rings. The van der Waals surface area contributed by atoms with Crippen LogP contribution in [0.3, 0.4) is 0 Å². The minimum Gasteiger partial charge on any atom is -0.357 e. The van der Waals surface area contributed by atoms with Crippen molar-refractivity contribution in [2.75, 3.05) is 43.4 Å². The molecule has 1 unspecified atom stereocenters. The number of sulfone groups is 1. The fourth-order valence-corrected chi connectivity index (χ4v) is 3.86. The molecule has 7 heteroatoms. The lowest BCUT2D eigenvalue weighted by atomic mass is 10.3. The maximum atomic E-state index is 11.5. The van der Waals surface area contributed by atoms with E-state index in [1.807, 2.05) is 18.7 Å². The molecular weight excluding hydrogens is 294 g/mol. The summed E-state index contributed by atoms with van der Waals surface area (Å²) in [6.45, 7) is 9.05. The number of nitrogens with zero attached hydrogens (tertiary/aromatic N) is 2. The van der Waals surface area contributed by atoms with E-state index in [1.54, 1.807) is 6.92 Å². The Hall–Kier alpha value is -0.430. The Morgan fingerprint density at radius 2 is 2.15 bits per heavy atom. The second-order valence-corrected chi connectivity index (χ2v) is 8.70. The number of rotatable bonds is 6. The Morgan fingerprint density at radius 1 is 1.40 bits per heavy atom. The molecule has 1 rings (SSSR count). The van der Waals surface area contributed by atoms with Crippen LogP contribution in [0.1, 0.15) is 27.2 Å². The van der Waals surface area contributed by atoms with Gasteiger partial charge in [0.2, 0.25) is 0 Å². The average Bonchev–Trinajstić information content (AvgIpc) is 2.46. The van der Waals surface area contributed by atoms with E-state index in [9.17, 15) is 8.42 Å². The topological polar surface area (TPSA) is 61.8 Å². The Morgan fingerprint density at radius 3 is 2.75 bits per heavy atom. The predicted octanol–water partition coefficient (Wildman–Crippen LogP) is 1.21. The van der Waals surface area contributed by atoms with Gasteiger partial charge in [-0.3, -0.25) is 4.99 Å². The Labute approximate surface area is 127 Å². The molecule has 0 bridgehead atoms. The maximum Gasteiger partial charge on any atom is 0.194 e. The average molecular weight is 322 g/mol. The lowest BCUT2D eigenvalue weighted by Crippen LogP contribution is -2.48. The number of hydrogen-bond donors (Lipinski definition) is 1. The molecule has 1 aliphatic heterocycles. The van der Waals surface area contributed by atoms with Gasteiger partial charge in [0.05, 0.1) is 12.3 Å². The summed E-state index contributed by atoms with van der Waals surface area (Å²) < 4.78 is 23.0. The molecule has 20 heavy (non-hydrogen) atoms. The molecule has 1 N–H and O–H groups in total. The van der Waals surface area contributed by atoms with E-state index in [1.165, 1.54) is 0 Å². The van der Waals surface area contributed by atoms with Crippen LogP contribution in [-0.4, -0.2) is 68.0 Å². The minimum atomic E-state index is -2.93. The zero-order valence-corrected chi connectivity index (χ0v) is 14.4. The zero-order valence-electron chi connectivity index (χ0n) is 12.8. The Bertz CT molecular complexity index is 410. The molecule has 1 aliphatic rings. The highest BCUT2D eigenvalue weighted by Crippen LogP contribution is 2.20. The van der Waals surface area contributed by atoms with Crippen molar-refractivity contribution < 1.29 is 8.42 Å². The van der Waals surface area contributed by atoms with Gasteiger partial charge in [-0.1, -0.05) is 13.8 Å². The van der Waals surface area contributed by atoms with Gasteiger partial charge in [0.25, 0.3) is 0 Å². The molecule has 1 fully saturated rings. The van der Waals surface area contributed by atoms with Crippen LogP contribution in [0.25, 0.3) is 0 Å². The van der Waals surface area contributed by atoms with Crippen LogP contribution in [-0.2, 0) is 9.84 Å². The molecular formula is C13H27N3O2S2. The molecule has 0 spiro atoms. The second-order valence-electron chi connectivity index (χ2n) is 4.82. The first kappa shape index (κ1) is 17.6. The van der Waals surface area contributed by atoms with E-state index in [4.69, 9.17) is 0 Å². The van der Waals surface area contributed by atoms with Crippen molar-refractivity contribution in [3.8, 4) is 0 Å². The van der Waals surface area contributed by atoms with Crippen molar-refractivity contribution >= 4 is 27.6 Å². The van der Waals surface area contributed by atoms with Crippen LogP contribution in [0.5, 0.6) is 0 Å². The minimum absolute atomic E-state index is 0.137. The van der Waals surface area contributed by atoms with Gasteiger partial charge in [0.15, 0.2) is 15.8 Å². The standard InChI is InChI=1S/C13H27N3O2S2/c1-4-12-11-16(8-9-19-12)13(14-5-2)15-7-10-20(17,18)6-3/h12H,4-11H2,1-3H3,(H,14,15). The van der Waals surface area contributed by atoms with Crippen molar-refractivity contribution in [3.05, 3.63) is 0 Å². The monoisotopic (exact) mass is 321 g/mol. The van der Waals surface area contributed by atoms with Crippen molar-refractivity contribution in [2.24, 2.45) is 4.99 Å². The van der Waals surface area contributed by atoms with Crippen LogP contribution >= 0.6 is 11.8 Å². The van der Waals surface area contributed by atoms with E-state index < -0.39 is 9.84 Å². The molecule has 118 valence electrons. The van der Waals surface area contributed by atoms with Crippen LogP contribution in [0.15, 0.2) is 4.99 Å². The summed E-state index contributed by atoms with van der Waals surface area (Å²) in [4.78, 5) is 6.74. The lowest BCUT2D eigenvalue weighted by molar-refractivity contribution is 0.408. The molecule has 5 nitrogen and oxygen atoms in total. The van der Waals surface area contributed by atoms with Crippen LogP contribution < -0.4 is 5.32 Å². The van der Waals surface area contributed by atoms with Gasteiger partial charge in [-0.15, -0.1) is 0 Å². The molecule has 1 heterocycles. The van der Waals surface area contributed by atoms with Gasteiger partial charge in [-0.25, -0.2) is 8.42 Å². The van der Waals surface area contributed by atoms with Crippen molar-refractivity contribution in [3.63, 3.8) is 0 Å². The molecule has 1 atom stereocenters. The van der Waals surface area contributed by atoms with Crippen molar-refractivity contribution in [1.82, 2.24) is 10.2 Å². The molecule has 0 aromatic carbocycles. The second kappa shape index (κ2) is 8.77. The molecule has 1 saturated heterocycles.